The molecule has 6 heteroatoms. The van der Waals surface area contributed by atoms with Crippen molar-refractivity contribution in [2.24, 2.45) is 7.05 Å². The molecule has 0 fully saturated rings. The number of methoxy groups -OCH3 is 1. The first kappa shape index (κ1) is 18.4. The van der Waals surface area contributed by atoms with Gasteiger partial charge in [0, 0.05) is 31.2 Å². The van der Waals surface area contributed by atoms with Crippen LogP contribution in [0, 0.1) is 0 Å². The molecule has 6 nitrogen and oxygen atoms in total. The molecule has 150 valence electrons. The minimum absolute atomic E-state index is 0.220. The second kappa shape index (κ2) is 7.63. The fourth-order valence-corrected chi connectivity index (χ4v) is 4.08. The molecule has 0 saturated heterocycles. The lowest BCUT2D eigenvalue weighted by molar-refractivity contribution is 0.415. The minimum Gasteiger partial charge on any atom is -0.497 e. The normalized spacial score (nSPS) is 15.1. The van der Waals surface area contributed by atoms with Crippen molar-refractivity contribution >= 4 is 5.95 Å². The maximum Gasteiger partial charge on any atom is 0.223 e. The van der Waals surface area contributed by atoms with Crippen LogP contribution in [-0.2, 0) is 13.5 Å². The molecule has 1 atom stereocenters. The van der Waals surface area contributed by atoms with Crippen molar-refractivity contribution in [2.75, 3.05) is 12.4 Å². The average Bonchev–Trinajstić information content (AvgIpc) is 3.40. The van der Waals surface area contributed by atoms with Gasteiger partial charge in [-0.15, -0.1) is 0 Å². The summed E-state index contributed by atoms with van der Waals surface area (Å²) in [6.45, 7) is 0. The van der Waals surface area contributed by atoms with Gasteiger partial charge >= 0.3 is 0 Å². The van der Waals surface area contributed by atoms with Gasteiger partial charge in [0.25, 0.3) is 0 Å². The Morgan fingerprint density at radius 1 is 1.10 bits per heavy atom. The summed E-state index contributed by atoms with van der Waals surface area (Å²) in [6, 6.07) is 16.7. The number of anilines is 1. The summed E-state index contributed by atoms with van der Waals surface area (Å²) in [4.78, 5) is 14.1. The fourth-order valence-electron chi connectivity index (χ4n) is 4.08. The van der Waals surface area contributed by atoms with Crippen LogP contribution in [0.25, 0.3) is 22.6 Å². The Bertz CT molecular complexity index is 1200. The van der Waals surface area contributed by atoms with Crippen LogP contribution in [0.1, 0.15) is 23.6 Å². The molecule has 1 aliphatic rings. The molecule has 0 saturated carbocycles. The van der Waals surface area contributed by atoms with E-state index in [0.717, 1.165) is 41.2 Å². The summed E-state index contributed by atoms with van der Waals surface area (Å²) >= 11 is 0. The number of imidazole rings is 1. The molecule has 2 aromatic carbocycles. The summed E-state index contributed by atoms with van der Waals surface area (Å²) < 4.78 is 7.38. The first-order valence-corrected chi connectivity index (χ1v) is 10.1. The number of fused-ring (bicyclic) bond motifs is 1. The lowest BCUT2D eigenvalue weighted by Crippen LogP contribution is -2.11. The predicted molar refractivity (Wildman–Crippen MR) is 117 cm³/mol. The van der Waals surface area contributed by atoms with Crippen molar-refractivity contribution in [3.05, 3.63) is 78.2 Å². The molecule has 30 heavy (non-hydrogen) atoms. The maximum absolute atomic E-state index is 5.40. The largest absolute Gasteiger partial charge is 0.497 e. The van der Waals surface area contributed by atoms with Crippen molar-refractivity contribution in [3.63, 3.8) is 0 Å². The van der Waals surface area contributed by atoms with Crippen molar-refractivity contribution in [1.29, 1.82) is 0 Å². The highest BCUT2D eigenvalue weighted by molar-refractivity contribution is 5.78. The van der Waals surface area contributed by atoms with Crippen molar-refractivity contribution in [3.8, 4) is 28.4 Å². The number of nitrogens with one attached hydrogen (secondary N) is 1. The van der Waals surface area contributed by atoms with E-state index in [2.05, 4.69) is 39.6 Å². The van der Waals surface area contributed by atoms with Gasteiger partial charge in [-0.25, -0.2) is 15.0 Å². The van der Waals surface area contributed by atoms with E-state index < -0.39 is 0 Å². The zero-order valence-corrected chi connectivity index (χ0v) is 17.0. The standard InChI is InChI=1S/C24H23N5O/c1-29-13-12-25-23(29)22-20(17-7-5-8-18(14-17)30-2)15-26-24(28-22)27-21-11-10-16-6-3-4-9-19(16)21/h3-9,12-15,21H,10-11H2,1-2H3,(H,26,27,28). The van der Waals surface area contributed by atoms with Crippen molar-refractivity contribution in [2.45, 2.75) is 18.9 Å². The van der Waals surface area contributed by atoms with E-state index in [1.165, 1.54) is 11.1 Å². The molecule has 4 aromatic rings. The Kier molecular flexibility index (Phi) is 4.67. The van der Waals surface area contributed by atoms with E-state index in [1.54, 1.807) is 13.3 Å². The number of hydrogen-bond acceptors (Lipinski definition) is 5. The minimum atomic E-state index is 0.220. The maximum atomic E-state index is 5.40. The van der Waals surface area contributed by atoms with Crippen molar-refractivity contribution in [1.82, 2.24) is 19.5 Å². The zero-order chi connectivity index (χ0) is 20.5. The van der Waals surface area contributed by atoms with E-state index in [-0.39, 0.29) is 6.04 Å². The van der Waals surface area contributed by atoms with Crippen LogP contribution in [-0.4, -0.2) is 26.6 Å². The topological polar surface area (TPSA) is 64.9 Å². The van der Waals surface area contributed by atoms with Gasteiger partial charge in [-0.2, -0.15) is 0 Å². The molecule has 0 spiro atoms. The van der Waals surface area contributed by atoms with Crippen LogP contribution in [0.2, 0.25) is 0 Å². The SMILES string of the molecule is COc1cccc(-c2cnc(NC3CCc4ccccc43)nc2-c2nccn2C)c1. The van der Waals surface area contributed by atoms with Gasteiger partial charge in [-0.1, -0.05) is 36.4 Å². The van der Waals surface area contributed by atoms with E-state index in [0.29, 0.717) is 5.95 Å². The zero-order valence-electron chi connectivity index (χ0n) is 17.0. The molecule has 2 heterocycles. The van der Waals surface area contributed by atoms with Gasteiger partial charge in [0.05, 0.1) is 13.2 Å². The number of aromatic nitrogens is 4. The van der Waals surface area contributed by atoms with Gasteiger partial charge in [-0.3, -0.25) is 0 Å². The van der Waals surface area contributed by atoms with E-state index >= 15 is 0 Å². The first-order valence-electron chi connectivity index (χ1n) is 10.1. The highest BCUT2D eigenvalue weighted by Crippen LogP contribution is 2.35. The summed E-state index contributed by atoms with van der Waals surface area (Å²) in [5.74, 6) is 2.20. The Morgan fingerprint density at radius 2 is 2.00 bits per heavy atom. The third-order valence-electron chi connectivity index (χ3n) is 5.64. The van der Waals surface area contributed by atoms with Gasteiger partial charge in [0.15, 0.2) is 5.82 Å². The summed E-state index contributed by atoms with van der Waals surface area (Å²) in [5, 5.41) is 3.54. The predicted octanol–water partition coefficient (Wildman–Crippen LogP) is 4.65. The molecular weight excluding hydrogens is 374 g/mol. The Morgan fingerprint density at radius 3 is 2.83 bits per heavy atom. The third kappa shape index (κ3) is 3.30. The van der Waals surface area contributed by atoms with E-state index in [1.807, 2.05) is 48.3 Å². The van der Waals surface area contributed by atoms with Crippen LogP contribution in [0.15, 0.2) is 67.1 Å². The van der Waals surface area contributed by atoms with Crippen LogP contribution in [0.4, 0.5) is 5.95 Å². The van der Waals surface area contributed by atoms with E-state index in [4.69, 9.17) is 9.72 Å². The van der Waals surface area contributed by atoms with E-state index in [9.17, 15) is 0 Å². The van der Waals surface area contributed by atoms with Crippen LogP contribution in [0.3, 0.4) is 0 Å². The molecule has 1 aliphatic carbocycles. The second-order valence-electron chi connectivity index (χ2n) is 7.48. The number of benzene rings is 2. The number of ether oxygens (including phenoxy) is 1. The molecule has 2 aromatic heterocycles. The lowest BCUT2D eigenvalue weighted by atomic mass is 10.0. The third-order valence-corrected chi connectivity index (χ3v) is 5.64. The molecule has 0 aliphatic heterocycles. The van der Waals surface area contributed by atoms with Crippen molar-refractivity contribution < 1.29 is 4.74 Å². The first-order chi connectivity index (χ1) is 14.7. The molecular formula is C24H23N5O. The van der Waals surface area contributed by atoms with Gasteiger partial charge in [-0.05, 0) is 41.7 Å². The molecule has 0 bridgehead atoms. The number of rotatable bonds is 5. The Balaban J connectivity index is 1.56. The Hall–Kier alpha value is -3.67. The second-order valence-corrected chi connectivity index (χ2v) is 7.48. The molecule has 5 rings (SSSR count). The molecule has 0 radical (unpaired) electrons. The summed E-state index contributed by atoms with van der Waals surface area (Å²) in [5.41, 5.74) is 5.43. The number of hydrogen-bond donors (Lipinski definition) is 1. The fraction of sp³-hybridized carbons (Fsp3) is 0.208. The Labute approximate surface area is 175 Å². The monoisotopic (exact) mass is 397 g/mol. The molecule has 0 amide bonds. The van der Waals surface area contributed by atoms with Gasteiger partial charge < -0.3 is 14.6 Å². The van der Waals surface area contributed by atoms with Crippen LogP contribution >= 0.6 is 0 Å². The average molecular weight is 397 g/mol. The summed E-state index contributed by atoms with van der Waals surface area (Å²) in [7, 11) is 3.64. The van der Waals surface area contributed by atoms with Crippen LogP contribution in [0.5, 0.6) is 5.75 Å². The quantitative estimate of drug-likeness (QED) is 0.531. The number of aryl methyl sites for hydroxylation is 2. The van der Waals surface area contributed by atoms with Crippen LogP contribution < -0.4 is 10.1 Å². The molecule has 1 unspecified atom stereocenters. The lowest BCUT2D eigenvalue weighted by Gasteiger charge is -2.16. The highest BCUT2D eigenvalue weighted by Gasteiger charge is 2.23. The van der Waals surface area contributed by atoms with Gasteiger partial charge in [0.1, 0.15) is 11.4 Å². The molecule has 1 N–H and O–H groups in total. The highest BCUT2D eigenvalue weighted by atomic mass is 16.5. The smallest absolute Gasteiger partial charge is 0.223 e. The van der Waals surface area contributed by atoms with Gasteiger partial charge in [0.2, 0.25) is 5.95 Å². The summed E-state index contributed by atoms with van der Waals surface area (Å²) in [6.07, 6.45) is 7.69. The number of nitrogens with zero attached hydrogens (tertiary/aromatic N) is 4.